The summed E-state index contributed by atoms with van der Waals surface area (Å²) in [7, 11) is 0. The van der Waals surface area contributed by atoms with Crippen molar-refractivity contribution in [2.24, 2.45) is 0 Å². The number of phenolic OH excluding ortho intramolecular Hbond substituents is 2. The molecule has 17 rings (SSSR count). The fourth-order valence-electron chi connectivity index (χ4n) is 14.1. The number of hydrogen-bond donors (Lipinski definition) is 6. The van der Waals surface area contributed by atoms with E-state index in [4.69, 9.17) is 0 Å². The first-order valence-electron chi connectivity index (χ1n) is 25.8. The Bertz CT molecular complexity index is 4870. The van der Waals surface area contributed by atoms with Gasteiger partial charge in [0.15, 0.2) is 0 Å². The summed E-state index contributed by atoms with van der Waals surface area (Å²) in [6, 6.07) is 64.1. The molecule has 17 aromatic carbocycles. The van der Waals surface area contributed by atoms with E-state index in [0.29, 0.717) is 22.3 Å². The van der Waals surface area contributed by atoms with Crippen molar-refractivity contribution in [3.05, 3.63) is 239 Å². The van der Waals surface area contributed by atoms with Gasteiger partial charge in [0.2, 0.25) is 0 Å². The van der Waals surface area contributed by atoms with Gasteiger partial charge in [-0.2, -0.15) is 0 Å². The summed E-state index contributed by atoms with van der Waals surface area (Å²) >= 11 is 0. The molecule has 76 heavy (non-hydrogen) atoms. The van der Waals surface area contributed by atoms with Crippen molar-refractivity contribution < 1.29 is 30.6 Å². The molecule has 4 atom stereocenters. The van der Waals surface area contributed by atoms with Crippen LogP contribution in [0, 0.1) is 0 Å². The van der Waals surface area contributed by atoms with Crippen molar-refractivity contribution in [2.75, 3.05) is 0 Å². The van der Waals surface area contributed by atoms with Crippen molar-refractivity contribution in [3.8, 4) is 11.5 Å². The molecule has 0 amide bonds. The van der Waals surface area contributed by atoms with Gasteiger partial charge in [0.25, 0.3) is 0 Å². The van der Waals surface area contributed by atoms with Crippen LogP contribution in [0.5, 0.6) is 11.5 Å². The van der Waals surface area contributed by atoms with Crippen molar-refractivity contribution in [1.82, 2.24) is 0 Å². The number of aromatic hydroxyl groups is 2. The highest BCUT2D eigenvalue weighted by molar-refractivity contribution is 6.46. The Morgan fingerprint density at radius 1 is 0.211 bits per heavy atom. The third kappa shape index (κ3) is 5.42. The third-order valence-electron chi connectivity index (χ3n) is 17.5. The van der Waals surface area contributed by atoms with E-state index in [-0.39, 0.29) is 11.5 Å². The number of aliphatic hydroxyl groups excluding tert-OH is 4. The van der Waals surface area contributed by atoms with Gasteiger partial charge >= 0.3 is 0 Å². The lowest BCUT2D eigenvalue weighted by Gasteiger charge is -2.26. The Morgan fingerprint density at radius 3 is 0.750 bits per heavy atom. The van der Waals surface area contributed by atoms with Crippen molar-refractivity contribution in [3.63, 3.8) is 0 Å². The SMILES string of the molecule is Oc1ccc(C(O)c2cc3ccc4ccc5cc(C(O)c6cccc(C(O)c7cc8ccc9ccc%10cc(C(O)c%11ccc(O)cc%11)c%11ccc%12ccc7c7c8c9c%10c%11c%127)c6)c6ccc7ccc2c2c3c4c5c6c72)cc1. The van der Waals surface area contributed by atoms with Gasteiger partial charge in [0, 0.05) is 0 Å². The summed E-state index contributed by atoms with van der Waals surface area (Å²) in [5.41, 5.74) is 5.82. The Morgan fingerprint density at radius 2 is 0.447 bits per heavy atom. The second-order valence-corrected chi connectivity index (χ2v) is 21.3. The highest BCUT2D eigenvalue weighted by Crippen LogP contribution is 2.54. The molecule has 0 saturated carbocycles. The first kappa shape index (κ1) is 42.2. The normalized spacial score (nSPS) is 14.5. The number of phenols is 2. The molecule has 0 aromatic heterocycles. The van der Waals surface area contributed by atoms with E-state index in [2.05, 4.69) is 121 Å². The Hall–Kier alpha value is -9.14. The van der Waals surface area contributed by atoms with Crippen LogP contribution < -0.4 is 0 Å². The number of benzene rings is 17. The van der Waals surface area contributed by atoms with E-state index in [0.717, 1.165) is 152 Å². The highest BCUT2D eigenvalue weighted by atomic mass is 16.3. The molecule has 0 bridgehead atoms. The van der Waals surface area contributed by atoms with Crippen LogP contribution in [0.15, 0.2) is 194 Å². The maximum atomic E-state index is 12.9. The smallest absolute Gasteiger partial charge is 0.115 e. The number of rotatable bonds is 8. The molecule has 0 spiro atoms. The molecule has 17 aromatic rings. The largest absolute Gasteiger partial charge is 0.508 e. The van der Waals surface area contributed by atoms with Crippen LogP contribution in [-0.2, 0) is 0 Å². The van der Waals surface area contributed by atoms with Gasteiger partial charge in [0.1, 0.15) is 35.9 Å². The second kappa shape index (κ2) is 14.8. The van der Waals surface area contributed by atoms with Gasteiger partial charge in [-0.15, -0.1) is 0 Å². The maximum Gasteiger partial charge on any atom is 0.115 e. The predicted octanol–water partition coefficient (Wildman–Crippen LogP) is 15.9. The van der Waals surface area contributed by atoms with E-state index in [9.17, 15) is 30.6 Å². The summed E-state index contributed by atoms with van der Waals surface area (Å²) in [6.45, 7) is 0. The van der Waals surface area contributed by atoms with Gasteiger partial charge < -0.3 is 30.6 Å². The van der Waals surface area contributed by atoms with Crippen molar-refractivity contribution in [1.29, 1.82) is 0 Å². The molecule has 0 aliphatic rings. The molecular weight excluding hydrogens is 937 g/mol. The minimum absolute atomic E-state index is 0.144. The zero-order valence-electron chi connectivity index (χ0n) is 40.5. The molecule has 0 aliphatic carbocycles. The van der Waals surface area contributed by atoms with E-state index in [1.165, 1.54) is 0 Å². The van der Waals surface area contributed by atoms with Gasteiger partial charge in [0.05, 0.1) is 0 Å². The molecule has 6 heteroatoms. The highest BCUT2D eigenvalue weighted by Gasteiger charge is 2.29. The van der Waals surface area contributed by atoms with Gasteiger partial charge in [-0.1, -0.05) is 140 Å². The summed E-state index contributed by atoms with van der Waals surface area (Å²) in [6.07, 6.45) is -3.95. The van der Waals surface area contributed by atoms with Crippen molar-refractivity contribution in [2.45, 2.75) is 24.4 Å². The average molecular weight is 979 g/mol. The molecular formula is C70H42O6. The van der Waals surface area contributed by atoms with E-state index in [1.807, 2.05) is 24.3 Å². The van der Waals surface area contributed by atoms with Crippen LogP contribution in [0.3, 0.4) is 0 Å². The molecule has 0 radical (unpaired) electrons. The Kier molecular flexibility index (Phi) is 8.22. The van der Waals surface area contributed by atoms with Gasteiger partial charge in [-0.25, -0.2) is 0 Å². The quantitative estimate of drug-likeness (QED) is 0.0666. The zero-order valence-corrected chi connectivity index (χ0v) is 40.5. The maximum absolute atomic E-state index is 12.9. The molecule has 4 unspecified atom stereocenters. The number of hydrogen-bond acceptors (Lipinski definition) is 6. The van der Waals surface area contributed by atoms with E-state index in [1.54, 1.807) is 48.5 Å². The first-order chi connectivity index (χ1) is 37.2. The predicted molar refractivity (Wildman–Crippen MR) is 309 cm³/mol. The minimum atomic E-state index is -1.05. The standard InChI is InChI=1S/C70H42O6/c71-45-20-12-37(13-21-45)67(73)51-29-39-8-4-33-6-10-41-31-53(49-26-18-35-16-24-47(51)63-57(35)65(49)61(41)55(33)59(39)63)69(75)43-2-1-3-44(28-43)70(76)54-32-42-11-7-34-5-9-40-30-52(68(74)38-14-22-46(72)23-15-38)48-25-17-36-19-27-50(54)66-58(36)64(48)60(40)56(34)62(42)66/h1-32,67-76H. The lowest BCUT2D eigenvalue weighted by molar-refractivity contribution is 0.215. The molecule has 6 nitrogen and oxygen atoms in total. The van der Waals surface area contributed by atoms with Gasteiger partial charge in [-0.3, -0.25) is 0 Å². The summed E-state index contributed by atoms with van der Waals surface area (Å²) in [5, 5.41) is 95.7. The molecule has 0 saturated heterocycles. The van der Waals surface area contributed by atoms with Crippen LogP contribution >= 0.6 is 0 Å². The summed E-state index contributed by atoms with van der Waals surface area (Å²) < 4.78 is 0. The van der Waals surface area contributed by atoms with Crippen molar-refractivity contribution >= 4 is 129 Å². The molecule has 358 valence electrons. The van der Waals surface area contributed by atoms with Crippen LogP contribution in [0.4, 0.5) is 0 Å². The molecule has 6 N–H and O–H groups in total. The Labute approximate surface area is 432 Å². The fourth-order valence-corrected chi connectivity index (χ4v) is 14.1. The summed E-state index contributed by atoms with van der Waals surface area (Å²) in [5.74, 6) is 0.287. The minimum Gasteiger partial charge on any atom is -0.508 e. The van der Waals surface area contributed by atoms with E-state index < -0.39 is 24.4 Å². The molecule has 0 fully saturated rings. The number of aliphatic hydroxyl groups is 4. The molecule has 0 aliphatic heterocycles. The second-order valence-electron chi connectivity index (χ2n) is 21.3. The third-order valence-corrected chi connectivity index (χ3v) is 17.5. The lowest BCUT2D eigenvalue weighted by atomic mass is 9.79. The van der Waals surface area contributed by atoms with Crippen LogP contribution in [-0.4, -0.2) is 30.6 Å². The zero-order chi connectivity index (χ0) is 50.6. The lowest BCUT2D eigenvalue weighted by Crippen LogP contribution is -2.06. The first-order valence-corrected chi connectivity index (χ1v) is 25.8. The summed E-state index contributed by atoms with van der Waals surface area (Å²) in [4.78, 5) is 0. The topological polar surface area (TPSA) is 121 Å². The van der Waals surface area contributed by atoms with E-state index >= 15 is 0 Å². The average Bonchev–Trinajstić information content (AvgIpc) is 3.66. The van der Waals surface area contributed by atoms with Crippen LogP contribution in [0.2, 0.25) is 0 Å². The van der Waals surface area contributed by atoms with Crippen LogP contribution in [0.25, 0.3) is 129 Å². The van der Waals surface area contributed by atoms with Gasteiger partial charge in [-0.05, 0) is 228 Å². The van der Waals surface area contributed by atoms with Crippen LogP contribution in [0.1, 0.15) is 68.9 Å². The Balaban J connectivity index is 0.836. The fraction of sp³-hybridized carbons (Fsp3) is 0.0571. The molecule has 0 heterocycles. The monoisotopic (exact) mass is 978 g/mol.